The maximum absolute atomic E-state index is 13.4. The Morgan fingerprint density at radius 2 is 1.41 bits per heavy atom. The summed E-state index contributed by atoms with van der Waals surface area (Å²) in [4.78, 5) is 29.9. The summed E-state index contributed by atoms with van der Waals surface area (Å²) in [6, 6.07) is 32.6. The molecule has 0 bridgehead atoms. The molecule has 1 aromatic heterocycles. The number of aromatic nitrogens is 2. The molecule has 0 atom stereocenters. The van der Waals surface area contributed by atoms with Gasteiger partial charge in [0.1, 0.15) is 17.2 Å². The lowest BCUT2D eigenvalue weighted by atomic mass is 10.0. The second-order valence-electron chi connectivity index (χ2n) is 11.9. The van der Waals surface area contributed by atoms with E-state index in [1.54, 1.807) is 48.9 Å². The van der Waals surface area contributed by atoms with E-state index in [2.05, 4.69) is 0 Å². The van der Waals surface area contributed by atoms with Gasteiger partial charge < -0.3 is 24.0 Å². The molecule has 49 heavy (non-hydrogen) atoms. The average Bonchev–Trinajstić information content (AvgIpc) is 3.43. The summed E-state index contributed by atoms with van der Waals surface area (Å²) < 4.78 is 19.2. The van der Waals surface area contributed by atoms with Gasteiger partial charge in [-0.1, -0.05) is 60.7 Å². The quantitative estimate of drug-likeness (QED) is 0.0982. The number of rotatable bonds is 13. The van der Waals surface area contributed by atoms with Gasteiger partial charge in [-0.3, -0.25) is 9.59 Å². The SMILES string of the molecule is COc1cc(C=C(C(=O)N(C)C)c2ccc(Oc3c(CCC(=O)N(C)Cc4ccccc4)c(C)nn3-c3ccccc3)cc2)cc(OC)c1. The van der Waals surface area contributed by atoms with Crippen molar-refractivity contribution in [2.45, 2.75) is 26.3 Å². The van der Waals surface area contributed by atoms with Crippen molar-refractivity contribution in [3.8, 4) is 28.8 Å². The van der Waals surface area contributed by atoms with Crippen LogP contribution in [0.4, 0.5) is 0 Å². The lowest BCUT2D eigenvalue weighted by molar-refractivity contribution is -0.130. The molecular weight excluding hydrogens is 616 g/mol. The molecule has 0 fully saturated rings. The summed E-state index contributed by atoms with van der Waals surface area (Å²) in [5.41, 5.74) is 5.52. The van der Waals surface area contributed by atoms with E-state index >= 15 is 0 Å². The highest BCUT2D eigenvalue weighted by molar-refractivity contribution is 6.24. The van der Waals surface area contributed by atoms with E-state index in [1.165, 1.54) is 0 Å². The molecule has 0 saturated carbocycles. The van der Waals surface area contributed by atoms with Crippen LogP contribution in [0.2, 0.25) is 0 Å². The zero-order valence-corrected chi connectivity index (χ0v) is 28.8. The fourth-order valence-electron chi connectivity index (χ4n) is 5.45. The Kier molecular flexibility index (Phi) is 11.2. The third-order valence-corrected chi connectivity index (χ3v) is 8.12. The molecule has 9 heteroatoms. The predicted octanol–water partition coefficient (Wildman–Crippen LogP) is 7.21. The number of ether oxygens (including phenoxy) is 3. The van der Waals surface area contributed by atoms with Gasteiger partial charge in [0.05, 0.1) is 25.6 Å². The highest BCUT2D eigenvalue weighted by Crippen LogP contribution is 2.33. The lowest BCUT2D eigenvalue weighted by Gasteiger charge is -2.18. The van der Waals surface area contributed by atoms with Gasteiger partial charge in [0.25, 0.3) is 5.91 Å². The first-order valence-electron chi connectivity index (χ1n) is 16.0. The number of hydrogen-bond donors (Lipinski definition) is 0. The number of amides is 2. The van der Waals surface area contributed by atoms with E-state index in [4.69, 9.17) is 19.3 Å². The number of likely N-dealkylation sites (N-methyl/N-ethyl adjacent to an activating group) is 1. The zero-order valence-electron chi connectivity index (χ0n) is 28.8. The number of benzene rings is 4. The number of carbonyl (C=O) groups is 2. The molecule has 0 N–H and O–H groups in total. The standard InChI is InChI=1S/C40H42N4O5/c1-28-36(21-22-38(45)43(4)27-29-13-9-7-10-14-29)40(44(41-28)32-15-11-8-12-16-32)49-33-19-17-31(18-20-33)37(39(46)42(2)3)25-30-23-34(47-5)26-35(24-30)48-6/h7-20,23-26H,21-22,27H2,1-6H3. The number of nitrogens with zero attached hydrogens (tertiary/aromatic N) is 4. The predicted molar refractivity (Wildman–Crippen MR) is 192 cm³/mol. The van der Waals surface area contributed by atoms with Crippen LogP contribution in [0.5, 0.6) is 23.1 Å². The van der Waals surface area contributed by atoms with Crippen molar-refractivity contribution in [1.82, 2.24) is 19.6 Å². The Morgan fingerprint density at radius 1 is 0.796 bits per heavy atom. The zero-order chi connectivity index (χ0) is 34.9. The van der Waals surface area contributed by atoms with Gasteiger partial charge in [-0.15, -0.1) is 0 Å². The van der Waals surface area contributed by atoms with Crippen LogP contribution >= 0.6 is 0 Å². The Labute approximate surface area is 288 Å². The second kappa shape index (κ2) is 15.8. The molecule has 0 aliphatic heterocycles. The van der Waals surface area contributed by atoms with Crippen LogP contribution < -0.4 is 14.2 Å². The number of carbonyl (C=O) groups excluding carboxylic acids is 2. The minimum absolute atomic E-state index is 0.0320. The fourth-order valence-corrected chi connectivity index (χ4v) is 5.45. The van der Waals surface area contributed by atoms with Crippen LogP contribution in [-0.4, -0.2) is 66.8 Å². The summed E-state index contributed by atoms with van der Waals surface area (Å²) in [5.74, 6) is 2.23. The molecule has 0 unspecified atom stereocenters. The molecule has 0 aliphatic carbocycles. The topological polar surface area (TPSA) is 86.1 Å². The van der Waals surface area contributed by atoms with Gasteiger partial charge in [-0.25, -0.2) is 4.68 Å². The van der Waals surface area contributed by atoms with Crippen LogP contribution in [0.3, 0.4) is 0 Å². The third kappa shape index (κ3) is 8.56. The number of methoxy groups -OCH3 is 2. The maximum Gasteiger partial charge on any atom is 0.253 e. The van der Waals surface area contributed by atoms with Gasteiger partial charge in [0.15, 0.2) is 0 Å². The van der Waals surface area contributed by atoms with Crippen molar-refractivity contribution in [3.63, 3.8) is 0 Å². The van der Waals surface area contributed by atoms with Crippen molar-refractivity contribution in [2.75, 3.05) is 35.4 Å². The van der Waals surface area contributed by atoms with E-state index in [-0.39, 0.29) is 11.8 Å². The van der Waals surface area contributed by atoms with Crippen molar-refractivity contribution in [1.29, 1.82) is 0 Å². The first kappa shape index (κ1) is 34.5. The van der Waals surface area contributed by atoms with Crippen molar-refractivity contribution < 1.29 is 23.8 Å². The first-order chi connectivity index (χ1) is 23.7. The third-order valence-electron chi connectivity index (χ3n) is 8.12. The molecule has 9 nitrogen and oxygen atoms in total. The van der Waals surface area contributed by atoms with E-state index in [0.29, 0.717) is 53.7 Å². The minimum atomic E-state index is -0.155. The minimum Gasteiger partial charge on any atom is -0.497 e. The summed E-state index contributed by atoms with van der Waals surface area (Å²) in [6.45, 7) is 2.47. The molecule has 0 radical (unpaired) electrons. The summed E-state index contributed by atoms with van der Waals surface area (Å²) >= 11 is 0. The number of para-hydroxylation sites is 1. The Balaban J connectivity index is 1.44. The van der Waals surface area contributed by atoms with Gasteiger partial charge >= 0.3 is 0 Å². The van der Waals surface area contributed by atoms with E-state index in [0.717, 1.165) is 28.1 Å². The molecule has 252 valence electrons. The largest absolute Gasteiger partial charge is 0.497 e. The van der Waals surface area contributed by atoms with E-state index in [9.17, 15) is 9.59 Å². The molecule has 0 saturated heterocycles. The molecule has 0 aliphatic rings. The van der Waals surface area contributed by atoms with Crippen LogP contribution in [-0.2, 0) is 22.6 Å². The Hall–Kier alpha value is -5.83. The molecule has 4 aromatic carbocycles. The van der Waals surface area contributed by atoms with Gasteiger partial charge in [-0.2, -0.15) is 5.10 Å². The van der Waals surface area contributed by atoms with Crippen LogP contribution in [0.25, 0.3) is 17.3 Å². The molecule has 5 rings (SSSR count). The van der Waals surface area contributed by atoms with Crippen molar-refractivity contribution in [3.05, 3.63) is 131 Å². The lowest BCUT2D eigenvalue weighted by Crippen LogP contribution is -2.26. The number of hydrogen-bond acceptors (Lipinski definition) is 6. The second-order valence-corrected chi connectivity index (χ2v) is 11.9. The monoisotopic (exact) mass is 658 g/mol. The molecular formula is C40H42N4O5. The van der Waals surface area contributed by atoms with Crippen LogP contribution in [0.1, 0.15) is 34.4 Å². The smallest absolute Gasteiger partial charge is 0.253 e. The summed E-state index contributed by atoms with van der Waals surface area (Å²) in [6.07, 6.45) is 2.58. The van der Waals surface area contributed by atoms with Gasteiger partial charge in [-0.05, 0) is 72.5 Å². The average molecular weight is 659 g/mol. The molecule has 1 heterocycles. The van der Waals surface area contributed by atoms with E-state index in [1.807, 2.05) is 117 Å². The maximum atomic E-state index is 13.4. The Morgan fingerprint density at radius 3 is 2.00 bits per heavy atom. The number of aryl methyl sites for hydroxylation is 1. The molecule has 5 aromatic rings. The first-order valence-corrected chi connectivity index (χ1v) is 16.0. The van der Waals surface area contributed by atoms with Crippen LogP contribution in [0.15, 0.2) is 103 Å². The Bertz CT molecular complexity index is 1890. The van der Waals surface area contributed by atoms with Gasteiger partial charge in [0.2, 0.25) is 11.8 Å². The highest BCUT2D eigenvalue weighted by atomic mass is 16.5. The van der Waals surface area contributed by atoms with Crippen molar-refractivity contribution in [2.24, 2.45) is 0 Å². The molecule has 0 spiro atoms. The van der Waals surface area contributed by atoms with Gasteiger partial charge in [0, 0.05) is 51.3 Å². The normalized spacial score (nSPS) is 11.2. The van der Waals surface area contributed by atoms with Crippen molar-refractivity contribution >= 4 is 23.5 Å². The van der Waals surface area contributed by atoms with E-state index < -0.39 is 0 Å². The molecule has 2 amide bonds. The summed E-state index contributed by atoms with van der Waals surface area (Å²) in [7, 11) is 8.44. The van der Waals surface area contributed by atoms with Crippen LogP contribution in [0, 0.1) is 6.92 Å². The fraction of sp³-hybridized carbons (Fsp3) is 0.225. The highest BCUT2D eigenvalue weighted by Gasteiger charge is 2.22. The summed E-state index contributed by atoms with van der Waals surface area (Å²) in [5, 5.41) is 4.82.